The maximum atomic E-state index is 6.25. The molecule has 106 valence electrons. The molecular formula is C17H22N2O. The van der Waals surface area contributed by atoms with Crippen LogP contribution in [0.3, 0.4) is 0 Å². The third kappa shape index (κ3) is 4.07. The molecule has 2 rings (SSSR count). The van der Waals surface area contributed by atoms with Crippen molar-refractivity contribution in [2.24, 2.45) is 5.73 Å². The number of ether oxygens (including phenoxy) is 1. The fourth-order valence-corrected chi connectivity index (χ4v) is 2.35. The smallest absolute Gasteiger partial charge is 0.122 e. The van der Waals surface area contributed by atoms with Crippen LogP contribution in [0.5, 0.6) is 5.75 Å². The van der Waals surface area contributed by atoms with E-state index in [0.717, 1.165) is 25.0 Å². The highest BCUT2D eigenvalue weighted by Gasteiger charge is 2.09. The number of pyridine rings is 1. The van der Waals surface area contributed by atoms with Gasteiger partial charge in [-0.2, -0.15) is 0 Å². The van der Waals surface area contributed by atoms with Gasteiger partial charge in [-0.1, -0.05) is 23.8 Å². The first-order valence-electron chi connectivity index (χ1n) is 6.97. The van der Waals surface area contributed by atoms with E-state index in [1.54, 1.807) is 13.3 Å². The van der Waals surface area contributed by atoms with Crippen molar-refractivity contribution in [3.05, 3.63) is 59.4 Å². The average molecular weight is 270 g/mol. The molecule has 20 heavy (non-hydrogen) atoms. The van der Waals surface area contributed by atoms with Crippen LogP contribution in [0.1, 0.15) is 23.1 Å². The van der Waals surface area contributed by atoms with Crippen LogP contribution in [0.15, 0.2) is 42.7 Å². The van der Waals surface area contributed by atoms with E-state index in [0.29, 0.717) is 0 Å². The second-order valence-corrected chi connectivity index (χ2v) is 5.18. The normalized spacial score (nSPS) is 12.2. The molecule has 0 aliphatic rings. The third-order valence-electron chi connectivity index (χ3n) is 3.44. The molecule has 0 saturated heterocycles. The molecule has 0 amide bonds. The molecular weight excluding hydrogens is 248 g/mol. The van der Waals surface area contributed by atoms with E-state index >= 15 is 0 Å². The number of nitrogens with two attached hydrogens (primary N) is 1. The van der Waals surface area contributed by atoms with Crippen LogP contribution in [0.25, 0.3) is 0 Å². The number of aryl methyl sites for hydroxylation is 2. The number of aromatic nitrogens is 1. The van der Waals surface area contributed by atoms with E-state index in [1.165, 1.54) is 16.7 Å². The van der Waals surface area contributed by atoms with Gasteiger partial charge >= 0.3 is 0 Å². The molecule has 1 unspecified atom stereocenters. The van der Waals surface area contributed by atoms with Gasteiger partial charge in [0, 0.05) is 18.4 Å². The third-order valence-corrected chi connectivity index (χ3v) is 3.44. The van der Waals surface area contributed by atoms with E-state index in [1.807, 2.05) is 18.3 Å². The van der Waals surface area contributed by atoms with Gasteiger partial charge in [-0.3, -0.25) is 4.98 Å². The van der Waals surface area contributed by atoms with Gasteiger partial charge in [0.15, 0.2) is 0 Å². The van der Waals surface area contributed by atoms with Crippen molar-refractivity contribution in [2.75, 3.05) is 7.11 Å². The summed E-state index contributed by atoms with van der Waals surface area (Å²) in [4.78, 5) is 4.12. The first-order valence-corrected chi connectivity index (χ1v) is 6.97. The van der Waals surface area contributed by atoms with E-state index in [2.05, 4.69) is 30.1 Å². The largest absolute Gasteiger partial charge is 0.496 e. The van der Waals surface area contributed by atoms with Gasteiger partial charge in [-0.25, -0.2) is 0 Å². The zero-order valence-electron chi connectivity index (χ0n) is 12.2. The predicted octanol–water partition coefficient (Wildman–Crippen LogP) is 2.90. The Bertz CT molecular complexity index is 540. The van der Waals surface area contributed by atoms with Gasteiger partial charge in [-0.15, -0.1) is 0 Å². The van der Waals surface area contributed by atoms with Crippen molar-refractivity contribution < 1.29 is 4.74 Å². The van der Waals surface area contributed by atoms with Gasteiger partial charge in [0.05, 0.1) is 7.11 Å². The first-order chi connectivity index (χ1) is 9.69. The monoisotopic (exact) mass is 270 g/mol. The quantitative estimate of drug-likeness (QED) is 0.878. The SMILES string of the molecule is COc1ccc(C)cc1CC(N)CCc1cccnc1. The minimum atomic E-state index is 0.130. The maximum Gasteiger partial charge on any atom is 0.122 e. The molecule has 1 heterocycles. The first kappa shape index (κ1) is 14.5. The Morgan fingerprint density at radius 3 is 2.85 bits per heavy atom. The maximum absolute atomic E-state index is 6.25. The summed E-state index contributed by atoms with van der Waals surface area (Å²) in [5.41, 5.74) is 9.91. The molecule has 0 radical (unpaired) electrons. The lowest BCUT2D eigenvalue weighted by Gasteiger charge is -2.15. The molecule has 1 atom stereocenters. The van der Waals surface area contributed by atoms with E-state index < -0.39 is 0 Å². The summed E-state index contributed by atoms with van der Waals surface area (Å²) in [7, 11) is 1.70. The molecule has 3 nitrogen and oxygen atoms in total. The Morgan fingerprint density at radius 2 is 2.15 bits per heavy atom. The van der Waals surface area contributed by atoms with E-state index in [9.17, 15) is 0 Å². The van der Waals surface area contributed by atoms with Crippen LogP contribution in [0, 0.1) is 6.92 Å². The molecule has 0 aliphatic carbocycles. The average Bonchev–Trinajstić information content (AvgIpc) is 2.46. The molecule has 0 bridgehead atoms. The molecule has 3 heteroatoms. The minimum absolute atomic E-state index is 0.130. The van der Waals surface area contributed by atoms with Crippen LogP contribution < -0.4 is 10.5 Å². The minimum Gasteiger partial charge on any atom is -0.496 e. The molecule has 1 aromatic heterocycles. The van der Waals surface area contributed by atoms with Gasteiger partial charge in [-0.05, 0) is 49.4 Å². The van der Waals surface area contributed by atoms with Gasteiger partial charge < -0.3 is 10.5 Å². The zero-order valence-corrected chi connectivity index (χ0v) is 12.2. The second kappa shape index (κ2) is 7.06. The summed E-state index contributed by atoms with van der Waals surface area (Å²) in [6.07, 6.45) is 6.44. The number of methoxy groups -OCH3 is 1. The van der Waals surface area contributed by atoms with Crippen LogP contribution in [-0.4, -0.2) is 18.1 Å². The van der Waals surface area contributed by atoms with Crippen LogP contribution >= 0.6 is 0 Å². The lowest BCUT2D eigenvalue weighted by atomic mass is 9.98. The summed E-state index contributed by atoms with van der Waals surface area (Å²) < 4.78 is 5.40. The second-order valence-electron chi connectivity index (χ2n) is 5.18. The zero-order chi connectivity index (χ0) is 14.4. The molecule has 0 spiro atoms. The number of benzene rings is 1. The van der Waals surface area contributed by atoms with Crippen molar-refractivity contribution in [1.82, 2.24) is 4.98 Å². The van der Waals surface area contributed by atoms with Crippen molar-refractivity contribution in [1.29, 1.82) is 0 Å². The molecule has 2 N–H and O–H groups in total. The summed E-state index contributed by atoms with van der Waals surface area (Å²) >= 11 is 0. The molecule has 1 aromatic carbocycles. The van der Waals surface area contributed by atoms with Gasteiger partial charge in [0.25, 0.3) is 0 Å². The fraction of sp³-hybridized carbons (Fsp3) is 0.353. The van der Waals surface area contributed by atoms with Gasteiger partial charge in [0.1, 0.15) is 5.75 Å². The Balaban J connectivity index is 1.94. The summed E-state index contributed by atoms with van der Waals surface area (Å²) in [5, 5.41) is 0. The van der Waals surface area contributed by atoms with Crippen LogP contribution in [0.2, 0.25) is 0 Å². The number of hydrogen-bond donors (Lipinski definition) is 1. The standard InChI is InChI=1S/C17H22N2O/c1-13-5-8-17(20-2)15(10-13)11-16(18)7-6-14-4-3-9-19-12-14/h3-5,8-10,12,16H,6-7,11,18H2,1-2H3. The Kier molecular flexibility index (Phi) is 5.13. The highest BCUT2D eigenvalue weighted by atomic mass is 16.5. The van der Waals surface area contributed by atoms with Gasteiger partial charge in [0.2, 0.25) is 0 Å². The summed E-state index contributed by atoms with van der Waals surface area (Å²) in [6, 6.07) is 10.4. The van der Waals surface area contributed by atoms with Crippen molar-refractivity contribution in [3.63, 3.8) is 0 Å². The van der Waals surface area contributed by atoms with Crippen LogP contribution in [-0.2, 0) is 12.8 Å². The number of nitrogens with zero attached hydrogens (tertiary/aromatic N) is 1. The highest BCUT2D eigenvalue weighted by molar-refractivity contribution is 5.37. The topological polar surface area (TPSA) is 48.1 Å². The van der Waals surface area contributed by atoms with Crippen molar-refractivity contribution in [2.45, 2.75) is 32.2 Å². The Morgan fingerprint density at radius 1 is 1.30 bits per heavy atom. The fourth-order valence-electron chi connectivity index (χ4n) is 2.35. The summed E-state index contributed by atoms with van der Waals surface area (Å²) in [6.45, 7) is 2.09. The van der Waals surface area contributed by atoms with Crippen molar-refractivity contribution in [3.8, 4) is 5.75 Å². The lowest BCUT2D eigenvalue weighted by molar-refractivity contribution is 0.407. The number of rotatable bonds is 6. The number of hydrogen-bond acceptors (Lipinski definition) is 3. The Labute approximate surface area is 120 Å². The summed E-state index contributed by atoms with van der Waals surface area (Å²) in [5.74, 6) is 0.924. The molecule has 0 fully saturated rings. The van der Waals surface area contributed by atoms with E-state index in [-0.39, 0.29) is 6.04 Å². The molecule has 0 saturated carbocycles. The molecule has 2 aromatic rings. The molecule has 0 aliphatic heterocycles. The van der Waals surface area contributed by atoms with E-state index in [4.69, 9.17) is 10.5 Å². The van der Waals surface area contributed by atoms with Crippen molar-refractivity contribution >= 4 is 0 Å². The highest BCUT2D eigenvalue weighted by Crippen LogP contribution is 2.21. The predicted molar refractivity (Wildman–Crippen MR) is 82.0 cm³/mol. The Hall–Kier alpha value is -1.87. The van der Waals surface area contributed by atoms with Crippen LogP contribution in [0.4, 0.5) is 0 Å². The lowest BCUT2D eigenvalue weighted by Crippen LogP contribution is -2.23.